The van der Waals surface area contributed by atoms with E-state index in [1.165, 1.54) is 4.90 Å². The second-order valence-corrected chi connectivity index (χ2v) is 10.1. The van der Waals surface area contributed by atoms with E-state index in [0.29, 0.717) is 31.6 Å². The van der Waals surface area contributed by atoms with Gasteiger partial charge in [-0.2, -0.15) is 24.4 Å². The van der Waals surface area contributed by atoms with E-state index in [0.717, 1.165) is 16.5 Å². The third kappa shape index (κ3) is 6.74. The number of thiol groups is 1. The number of likely N-dealkylation sites (tertiary alicyclic amines) is 1. The monoisotopic (exact) mass is 535 g/mol. The summed E-state index contributed by atoms with van der Waals surface area (Å²) >= 11 is 5.79. The van der Waals surface area contributed by atoms with E-state index in [1.807, 2.05) is 30.5 Å². The Kier molecular flexibility index (Phi) is 10.1. The molecule has 0 aliphatic carbocycles. The van der Waals surface area contributed by atoms with Gasteiger partial charge in [-0.1, -0.05) is 18.2 Å². The lowest BCUT2D eigenvalue weighted by molar-refractivity contribution is -0.144. The molecule has 3 amide bonds. The van der Waals surface area contributed by atoms with Crippen molar-refractivity contribution in [3.8, 4) is 0 Å². The number of carboxylic acid groups (broad SMARTS) is 1. The van der Waals surface area contributed by atoms with Gasteiger partial charge in [-0.05, 0) is 42.9 Å². The number of benzene rings is 1. The van der Waals surface area contributed by atoms with E-state index in [2.05, 4.69) is 28.2 Å². The second kappa shape index (κ2) is 13.0. The summed E-state index contributed by atoms with van der Waals surface area (Å²) in [5.41, 5.74) is 7.56. The van der Waals surface area contributed by atoms with E-state index in [4.69, 9.17) is 5.73 Å². The summed E-state index contributed by atoms with van der Waals surface area (Å²) in [6, 6.07) is 3.85. The van der Waals surface area contributed by atoms with Crippen molar-refractivity contribution in [1.82, 2.24) is 20.5 Å². The second-order valence-electron chi connectivity index (χ2n) is 8.78. The molecule has 0 bridgehead atoms. The molecule has 196 valence electrons. The van der Waals surface area contributed by atoms with Crippen molar-refractivity contribution in [2.24, 2.45) is 5.73 Å². The summed E-state index contributed by atoms with van der Waals surface area (Å²) in [4.78, 5) is 55.2. The van der Waals surface area contributed by atoms with Crippen molar-refractivity contribution in [3.63, 3.8) is 0 Å². The number of nitrogens with two attached hydrogens (primary N) is 1. The normalized spacial score (nSPS) is 18.0. The lowest BCUT2D eigenvalue weighted by Crippen LogP contribution is -2.57. The maximum absolute atomic E-state index is 13.2. The van der Waals surface area contributed by atoms with Crippen LogP contribution in [0.3, 0.4) is 0 Å². The number of aliphatic carboxylic acids is 1. The summed E-state index contributed by atoms with van der Waals surface area (Å²) < 4.78 is 0. The van der Waals surface area contributed by atoms with Gasteiger partial charge in [-0.15, -0.1) is 0 Å². The van der Waals surface area contributed by atoms with Crippen molar-refractivity contribution in [2.75, 3.05) is 24.3 Å². The molecule has 36 heavy (non-hydrogen) atoms. The Labute approximate surface area is 219 Å². The fourth-order valence-corrected chi connectivity index (χ4v) is 5.07. The smallest absolute Gasteiger partial charge is 0.326 e. The van der Waals surface area contributed by atoms with Gasteiger partial charge in [-0.25, -0.2) is 4.79 Å². The van der Waals surface area contributed by atoms with E-state index in [1.54, 1.807) is 18.0 Å². The minimum Gasteiger partial charge on any atom is -0.480 e. The van der Waals surface area contributed by atoms with Crippen molar-refractivity contribution in [1.29, 1.82) is 0 Å². The van der Waals surface area contributed by atoms with Crippen LogP contribution in [0, 0.1) is 0 Å². The van der Waals surface area contributed by atoms with Gasteiger partial charge in [0.2, 0.25) is 17.7 Å². The summed E-state index contributed by atoms with van der Waals surface area (Å²) in [7, 11) is 0. The van der Waals surface area contributed by atoms with Gasteiger partial charge in [0.15, 0.2) is 0 Å². The minimum absolute atomic E-state index is 0.0446. The lowest BCUT2D eigenvalue weighted by atomic mass is 10.0. The molecule has 4 atom stereocenters. The molecule has 0 radical (unpaired) electrons. The fraction of sp³-hybridized carbons (Fsp3) is 0.500. The van der Waals surface area contributed by atoms with Crippen molar-refractivity contribution >= 4 is 59.0 Å². The minimum atomic E-state index is -1.16. The van der Waals surface area contributed by atoms with Gasteiger partial charge < -0.3 is 31.4 Å². The summed E-state index contributed by atoms with van der Waals surface area (Å²) in [6.45, 7) is 0.329. The van der Waals surface area contributed by atoms with Gasteiger partial charge >= 0.3 is 5.97 Å². The highest BCUT2D eigenvalue weighted by molar-refractivity contribution is 7.98. The lowest BCUT2D eigenvalue weighted by Gasteiger charge is -2.29. The summed E-state index contributed by atoms with van der Waals surface area (Å²) in [5, 5.41) is 15.9. The Hall–Kier alpha value is -2.70. The van der Waals surface area contributed by atoms with Crippen LogP contribution in [-0.2, 0) is 25.6 Å². The van der Waals surface area contributed by atoms with Crippen molar-refractivity contribution < 1.29 is 24.3 Å². The van der Waals surface area contributed by atoms with Crippen LogP contribution in [0.5, 0.6) is 0 Å². The number of aromatic nitrogens is 1. The Morgan fingerprint density at radius 1 is 1.25 bits per heavy atom. The number of hydrogen-bond acceptors (Lipinski definition) is 7. The molecule has 10 nitrogen and oxygen atoms in total. The number of nitrogens with zero attached hydrogens (tertiary/aromatic N) is 1. The molecule has 1 aromatic carbocycles. The molecule has 1 aliphatic rings. The molecule has 1 fully saturated rings. The Balaban J connectivity index is 1.66. The number of thioether (sulfide) groups is 1. The molecule has 6 N–H and O–H groups in total. The number of amides is 3. The molecule has 3 rings (SSSR count). The molecule has 1 aliphatic heterocycles. The van der Waals surface area contributed by atoms with Crippen LogP contribution in [0.15, 0.2) is 30.5 Å². The van der Waals surface area contributed by atoms with E-state index < -0.39 is 47.9 Å². The van der Waals surface area contributed by atoms with Gasteiger partial charge in [0, 0.05) is 35.8 Å². The largest absolute Gasteiger partial charge is 0.480 e. The third-order valence-corrected chi connectivity index (χ3v) is 7.33. The number of rotatable bonds is 12. The zero-order valence-electron chi connectivity index (χ0n) is 20.1. The number of nitrogens with one attached hydrogen (secondary N) is 3. The number of carbonyl (C=O) groups excluding carboxylic acids is 3. The van der Waals surface area contributed by atoms with Gasteiger partial charge in [0.05, 0.1) is 6.04 Å². The average molecular weight is 536 g/mol. The number of hydrogen-bond donors (Lipinski definition) is 6. The molecule has 2 aromatic rings. The quantitative estimate of drug-likeness (QED) is 0.219. The number of para-hydroxylation sites is 1. The van der Waals surface area contributed by atoms with E-state index in [-0.39, 0.29) is 12.2 Å². The topological polar surface area (TPSA) is 158 Å². The third-order valence-electron chi connectivity index (χ3n) is 6.32. The molecule has 0 spiro atoms. The summed E-state index contributed by atoms with van der Waals surface area (Å²) in [6.07, 6.45) is 5.21. The Bertz CT molecular complexity index is 1090. The molecule has 1 saturated heterocycles. The highest BCUT2D eigenvalue weighted by atomic mass is 32.2. The Morgan fingerprint density at radius 3 is 2.69 bits per heavy atom. The van der Waals surface area contributed by atoms with Crippen LogP contribution in [0.25, 0.3) is 10.9 Å². The highest BCUT2D eigenvalue weighted by Crippen LogP contribution is 2.21. The van der Waals surface area contributed by atoms with E-state index >= 15 is 0 Å². The first-order chi connectivity index (χ1) is 17.3. The first-order valence-electron chi connectivity index (χ1n) is 11.8. The predicted octanol–water partition coefficient (Wildman–Crippen LogP) is 0.766. The first kappa shape index (κ1) is 27.9. The van der Waals surface area contributed by atoms with Crippen LogP contribution in [-0.4, -0.2) is 87.2 Å². The molecule has 12 heteroatoms. The summed E-state index contributed by atoms with van der Waals surface area (Å²) in [5.74, 6) is -1.81. The average Bonchev–Trinajstić information content (AvgIpc) is 3.52. The molecular weight excluding hydrogens is 502 g/mol. The van der Waals surface area contributed by atoms with Crippen LogP contribution >= 0.6 is 24.4 Å². The maximum Gasteiger partial charge on any atom is 0.326 e. The number of fused-ring (bicyclic) bond motifs is 1. The number of carboxylic acids is 1. The Morgan fingerprint density at radius 2 is 2.00 bits per heavy atom. The number of carbonyl (C=O) groups is 4. The molecule has 2 heterocycles. The molecule has 4 unspecified atom stereocenters. The molecule has 0 saturated carbocycles. The zero-order chi connectivity index (χ0) is 26.2. The van der Waals surface area contributed by atoms with Crippen LogP contribution in [0.2, 0.25) is 0 Å². The van der Waals surface area contributed by atoms with Gasteiger partial charge in [0.25, 0.3) is 0 Å². The van der Waals surface area contributed by atoms with Gasteiger partial charge in [0.1, 0.15) is 18.1 Å². The van der Waals surface area contributed by atoms with E-state index in [9.17, 15) is 24.3 Å². The number of H-pyrrole nitrogens is 1. The van der Waals surface area contributed by atoms with Crippen LogP contribution in [0.1, 0.15) is 24.8 Å². The van der Waals surface area contributed by atoms with Gasteiger partial charge in [-0.3, -0.25) is 14.4 Å². The zero-order valence-corrected chi connectivity index (χ0v) is 21.8. The first-order valence-corrected chi connectivity index (χ1v) is 13.8. The van der Waals surface area contributed by atoms with Crippen LogP contribution < -0.4 is 16.4 Å². The van der Waals surface area contributed by atoms with Crippen molar-refractivity contribution in [2.45, 2.75) is 49.9 Å². The molecule has 1 aromatic heterocycles. The highest BCUT2D eigenvalue weighted by Gasteiger charge is 2.38. The van der Waals surface area contributed by atoms with Crippen LogP contribution in [0.4, 0.5) is 0 Å². The SMILES string of the molecule is CSCCC(N)C(=O)NC(CS)C(=O)N1CCCC1C(=O)NC(Cc1c[nH]c2ccccc12)C(=O)O. The fourth-order valence-electron chi connectivity index (χ4n) is 4.33. The number of aromatic amines is 1. The molecular formula is C24H33N5O5S2. The maximum atomic E-state index is 13.2. The van der Waals surface area contributed by atoms with Crippen molar-refractivity contribution in [3.05, 3.63) is 36.0 Å². The standard InChI is InChI=1S/C24H33N5O5S2/c1-36-10-8-16(25)21(30)28-19(13-35)23(32)29-9-4-7-20(29)22(31)27-18(24(33)34)11-14-12-26-17-6-3-2-5-15(14)17/h2-3,5-6,12,16,18-20,26,35H,4,7-11,13,25H2,1H3,(H,27,31)(H,28,30)(H,33,34). The predicted molar refractivity (Wildman–Crippen MR) is 143 cm³/mol.